The second-order valence-corrected chi connectivity index (χ2v) is 7.26. The average Bonchev–Trinajstić information content (AvgIpc) is 3.33. The topological polar surface area (TPSA) is 110 Å². The van der Waals surface area contributed by atoms with Crippen LogP contribution in [0.25, 0.3) is 0 Å². The first-order chi connectivity index (χ1) is 14.0. The Kier molecular flexibility index (Phi) is 6.94. The van der Waals surface area contributed by atoms with Gasteiger partial charge in [0.15, 0.2) is 11.6 Å². The molecule has 2 aromatic rings. The van der Waals surface area contributed by atoms with Crippen molar-refractivity contribution in [1.82, 2.24) is 14.6 Å². The van der Waals surface area contributed by atoms with Crippen LogP contribution in [0.5, 0.6) is 5.88 Å². The van der Waals surface area contributed by atoms with Crippen LogP contribution < -0.4 is 21.1 Å². The number of nitrogens with zero attached hydrogens (tertiary/aromatic N) is 2. The van der Waals surface area contributed by atoms with Crippen LogP contribution in [-0.2, 0) is 6.61 Å². The first kappa shape index (κ1) is 20.9. The van der Waals surface area contributed by atoms with Gasteiger partial charge < -0.3 is 20.7 Å². The van der Waals surface area contributed by atoms with E-state index in [0.717, 1.165) is 50.1 Å². The quantitative estimate of drug-likeness (QED) is 0.601. The number of nitrogens with one attached hydrogen (secondary N) is 2. The molecule has 0 unspecified atom stereocenters. The number of urea groups is 1. The van der Waals surface area contributed by atoms with Crippen molar-refractivity contribution in [3.63, 3.8) is 0 Å². The molecule has 1 aromatic heterocycles. The van der Waals surface area contributed by atoms with Crippen molar-refractivity contribution in [2.45, 2.75) is 19.4 Å². The van der Waals surface area contributed by atoms with Crippen LogP contribution in [0.2, 0.25) is 0 Å². The molecule has 0 spiro atoms. The van der Waals surface area contributed by atoms with Gasteiger partial charge in [-0.15, -0.1) is 0 Å². The Morgan fingerprint density at radius 1 is 1.28 bits per heavy atom. The van der Waals surface area contributed by atoms with Crippen molar-refractivity contribution in [2.24, 2.45) is 5.73 Å². The fourth-order valence-corrected chi connectivity index (χ4v) is 3.70. The van der Waals surface area contributed by atoms with E-state index >= 15 is 0 Å². The van der Waals surface area contributed by atoms with E-state index in [1.165, 1.54) is 12.1 Å². The summed E-state index contributed by atoms with van der Waals surface area (Å²) in [6, 6.07) is 3.17. The Balaban J connectivity index is 1.59. The highest BCUT2D eigenvalue weighted by molar-refractivity contribution is 7.11. The molecule has 0 saturated carbocycles. The number of halogens is 2. The number of carbonyl (C=O) groups is 2. The molecule has 1 aliphatic heterocycles. The number of primary amides is 1. The normalized spacial score (nSPS) is 14.0. The smallest absolute Gasteiger partial charge is 0.319 e. The second-order valence-electron chi connectivity index (χ2n) is 6.49. The van der Waals surface area contributed by atoms with Gasteiger partial charge in [-0.1, -0.05) is 12.1 Å². The molecule has 2 heterocycles. The summed E-state index contributed by atoms with van der Waals surface area (Å²) < 4.78 is 36.3. The maximum Gasteiger partial charge on any atom is 0.319 e. The van der Waals surface area contributed by atoms with Gasteiger partial charge in [-0.2, -0.15) is 4.37 Å². The number of amides is 3. The monoisotopic (exact) mass is 425 g/mol. The molecule has 0 bridgehead atoms. The summed E-state index contributed by atoms with van der Waals surface area (Å²) in [6.07, 6.45) is 2.33. The highest BCUT2D eigenvalue weighted by Crippen LogP contribution is 2.31. The maximum absolute atomic E-state index is 13.7. The molecule has 1 aliphatic rings. The third-order valence-corrected chi connectivity index (χ3v) is 5.19. The minimum Gasteiger partial charge on any atom is -0.471 e. The summed E-state index contributed by atoms with van der Waals surface area (Å²) in [4.78, 5) is 26.1. The van der Waals surface area contributed by atoms with Crippen LogP contribution in [0.15, 0.2) is 18.2 Å². The summed E-state index contributed by atoms with van der Waals surface area (Å²) in [6.45, 7) is 2.90. The van der Waals surface area contributed by atoms with Crippen LogP contribution in [-0.4, -0.2) is 47.4 Å². The van der Waals surface area contributed by atoms with E-state index in [0.29, 0.717) is 6.54 Å². The highest BCUT2D eigenvalue weighted by Gasteiger charge is 2.22. The molecule has 3 rings (SSSR count). The number of rotatable bonds is 8. The first-order valence-corrected chi connectivity index (χ1v) is 9.85. The Bertz CT molecular complexity index is 886. The second kappa shape index (κ2) is 9.61. The lowest BCUT2D eigenvalue weighted by molar-refractivity contribution is 0.0996. The molecule has 0 aliphatic carbocycles. The maximum atomic E-state index is 13.7. The zero-order chi connectivity index (χ0) is 20.8. The predicted octanol–water partition coefficient (Wildman–Crippen LogP) is 2.32. The van der Waals surface area contributed by atoms with Gasteiger partial charge in [-0.3, -0.25) is 10.1 Å². The highest BCUT2D eigenvalue weighted by atomic mass is 32.1. The molecule has 3 amide bonds. The number of anilines is 1. The van der Waals surface area contributed by atoms with Crippen molar-refractivity contribution in [3.8, 4) is 5.88 Å². The minimum absolute atomic E-state index is 0.0393. The Morgan fingerprint density at radius 3 is 2.76 bits per heavy atom. The number of hydrogen-bond acceptors (Lipinski definition) is 6. The molecule has 11 heteroatoms. The summed E-state index contributed by atoms with van der Waals surface area (Å²) in [7, 11) is 0. The Labute approximate surface area is 170 Å². The lowest BCUT2D eigenvalue weighted by Crippen LogP contribution is -2.36. The van der Waals surface area contributed by atoms with Gasteiger partial charge in [-0.05, 0) is 43.5 Å². The fraction of sp³-hybridized carbons (Fsp3) is 0.389. The van der Waals surface area contributed by atoms with E-state index in [1.54, 1.807) is 0 Å². The summed E-state index contributed by atoms with van der Waals surface area (Å²) in [5, 5.41) is 5.35. The molecule has 0 atom stereocenters. The van der Waals surface area contributed by atoms with Crippen molar-refractivity contribution in [2.75, 3.05) is 31.5 Å². The van der Waals surface area contributed by atoms with Crippen molar-refractivity contribution < 1.29 is 23.1 Å². The number of carbonyl (C=O) groups excluding carboxylic acids is 2. The zero-order valence-electron chi connectivity index (χ0n) is 15.5. The molecule has 1 aromatic carbocycles. The summed E-state index contributed by atoms with van der Waals surface area (Å²) in [5.74, 6) is -3.06. The Morgan fingerprint density at radius 2 is 2.03 bits per heavy atom. The average molecular weight is 425 g/mol. The zero-order valence-corrected chi connectivity index (χ0v) is 16.4. The van der Waals surface area contributed by atoms with Crippen LogP contribution in [0.1, 0.15) is 28.8 Å². The van der Waals surface area contributed by atoms with E-state index in [4.69, 9.17) is 10.5 Å². The molecule has 156 valence electrons. The SMILES string of the molecule is NC(=O)c1c(OCc2cccc(F)c2F)nsc1NC(=O)NCCN1CCCC1. The van der Waals surface area contributed by atoms with Gasteiger partial charge in [0.05, 0.1) is 0 Å². The predicted molar refractivity (Wildman–Crippen MR) is 104 cm³/mol. The lowest BCUT2D eigenvalue weighted by Gasteiger charge is -2.14. The number of ether oxygens (including phenoxy) is 1. The van der Waals surface area contributed by atoms with E-state index in [9.17, 15) is 18.4 Å². The minimum atomic E-state index is -1.04. The molecular formula is C18H21F2N5O3S. The van der Waals surface area contributed by atoms with Crippen LogP contribution in [0.3, 0.4) is 0 Å². The van der Waals surface area contributed by atoms with Crippen molar-refractivity contribution in [3.05, 3.63) is 41.0 Å². The summed E-state index contributed by atoms with van der Waals surface area (Å²) in [5.41, 5.74) is 5.21. The fourth-order valence-electron chi connectivity index (χ4n) is 2.96. The molecule has 4 N–H and O–H groups in total. The van der Waals surface area contributed by atoms with Crippen LogP contribution in [0, 0.1) is 11.6 Å². The number of likely N-dealkylation sites (tertiary alicyclic amines) is 1. The van der Waals surface area contributed by atoms with Gasteiger partial charge >= 0.3 is 6.03 Å². The number of aromatic nitrogens is 1. The van der Waals surface area contributed by atoms with E-state index in [2.05, 4.69) is 19.9 Å². The lowest BCUT2D eigenvalue weighted by atomic mass is 10.2. The molecule has 1 saturated heterocycles. The first-order valence-electron chi connectivity index (χ1n) is 9.08. The molecule has 0 radical (unpaired) electrons. The molecular weight excluding hydrogens is 404 g/mol. The number of hydrogen-bond donors (Lipinski definition) is 3. The van der Waals surface area contributed by atoms with Gasteiger partial charge in [0.25, 0.3) is 5.91 Å². The Hall–Kier alpha value is -2.79. The van der Waals surface area contributed by atoms with Gasteiger partial charge in [0, 0.05) is 18.7 Å². The van der Waals surface area contributed by atoms with Gasteiger partial charge in [-0.25, -0.2) is 13.6 Å². The van der Waals surface area contributed by atoms with Crippen LogP contribution in [0.4, 0.5) is 18.6 Å². The van der Waals surface area contributed by atoms with Crippen molar-refractivity contribution >= 4 is 28.5 Å². The van der Waals surface area contributed by atoms with Crippen molar-refractivity contribution in [1.29, 1.82) is 0 Å². The van der Waals surface area contributed by atoms with Crippen LogP contribution >= 0.6 is 11.5 Å². The van der Waals surface area contributed by atoms with E-state index < -0.39 is 23.6 Å². The number of nitrogens with two attached hydrogens (primary N) is 1. The molecule has 29 heavy (non-hydrogen) atoms. The summed E-state index contributed by atoms with van der Waals surface area (Å²) >= 11 is 0.808. The van der Waals surface area contributed by atoms with E-state index in [1.807, 2.05) is 0 Å². The largest absolute Gasteiger partial charge is 0.471 e. The molecule has 1 fully saturated rings. The standard InChI is InChI=1S/C18H21F2N5O3S/c19-12-5-3-4-11(14(12)20)10-28-16-13(15(21)26)17(29-24-16)23-18(27)22-6-9-25-7-1-2-8-25/h3-5H,1-2,6-10H2,(H2,21,26)(H2,22,23,27). The van der Waals surface area contributed by atoms with Gasteiger partial charge in [0.2, 0.25) is 5.88 Å². The van der Waals surface area contributed by atoms with E-state index in [-0.39, 0.29) is 28.6 Å². The number of benzene rings is 1. The van der Waals surface area contributed by atoms with Gasteiger partial charge in [0.1, 0.15) is 17.2 Å². The third kappa shape index (κ3) is 5.39. The third-order valence-electron chi connectivity index (χ3n) is 4.44. The molecule has 8 nitrogen and oxygen atoms in total.